The van der Waals surface area contributed by atoms with Gasteiger partial charge in [0.15, 0.2) is 0 Å². The van der Waals surface area contributed by atoms with Crippen molar-refractivity contribution in [2.45, 2.75) is 0 Å². The van der Waals surface area contributed by atoms with Gasteiger partial charge in [0.2, 0.25) is 0 Å². The molecule has 0 N–H and O–H groups in total. The van der Waals surface area contributed by atoms with Crippen LogP contribution in [0.15, 0.2) is 0 Å². The molecule has 0 aromatic rings. The first-order valence-electron chi connectivity index (χ1n) is 5.38. The van der Waals surface area contributed by atoms with Crippen LogP contribution >= 0.6 is 469 Å². The molecule has 0 spiro atoms. The van der Waals surface area contributed by atoms with Gasteiger partial charge in [-0.3, -0.25) is 0 Å². The van der Waals surface area contributed by atoms with E-state index in [1.54, 1.807) is 0 Å². The fraction of sp³-hybridized carbons (Fsp3) is 1.00. The van der Waals surface area contributed by atoms with E-state index >= 15 is 0 Å². The molecular formula is CH3I36-. The SMILES string of the molecule is C[I-]I(I)I(I)I(I)I(I)I(I)I(I)I(I)I(I)I(I)I(I)I(I)I(I)I(I)I(I)I(I)I(I)I(I)I. The zero-order valence-corrected chi connectivity index (χ0v) is 92.3. The van der Waals surface area contributed by atoms with Gasteiger partial charge in [-0.2, -0.15) is 0 Å². The van der Waals surface area contributed by atoms with Crippen LogP contribution in [0, 0.1) is 0 Å². The van der Waals surface area contributed by atoms with Crippen LogP contribution in [0.5, 0.6) is 0 Å². The van der Waals surface area contributed by atoms with Crippen molar-refractivity contribution in [1.29, 1.82) is 0 Å². The molecule has 36 heteroatoms. The van der Waals surface area contributed by atoms with Crippen LogP contribution in [0.1, 0.15) is 0 Å². The Morgan fingerprint density at radius 2 is 0.432 bits per heavy atom. The van der Waals surface area contributed by atoms with Gasteiger partial charge in [-0.1, -0.05) is 0 Å². The zero-order valence-electron chi connectivity index (χ0n) is 14.6. The van der Waals surface area contributed by atoms with E-state index < -0.39 is 126 Å². The summed E-state index contributed by atoms with van der Waals surface area (Å²) >= 11 is 58.7. The van der Waals surface area contributed by atoms with Crippen molar-refractivity contribution in [1.82, 2.24) is 0 Å². The molecule has 0 atom stereocenters. The van der Waals surface area contributed by atoms with Gasteiger partial charge < -0.3 is 0 Å². The fourth-order valence-corrected chi connectivity index (χ4v) is 6370. The van der Waals surface area contributed by atoms with Gasteiger partial charge >= 0.3 is 491 Å². The molecule has 0 rings (SSSR count). The molecule has 0 heterocycles. The van der Waals surface area contributed by atoms with Crippen LogP contribution in [-0.4, -0.2) is 4.93 Å². The van der Waals surface area contributed by atoms with Crippen molar-refractivity contribution >= 4 is 469 Å². The van der Waals surface area contributed by atoms with E-state index in [-0.39, 0.29) is 7.89 Å². The van der Waals surface area contributed by atoms with Crippen LogP contribution in [0.2, 0.25) is 0 Å². The van der Waals surface area contributed by atoms with E-state index in [1.807, 2.05) is 0 Å². The first-order chi connectivity index (χ1) is 16.8. The Labute approximate surface area is 463 Å². The van der Waals surface area contributed by atoms with Gasteiger partial charge in [0.1, 0.15) is 0 Å². The third kappa shape index (κ3) is 26.6. The molecule has 0 aliphatic rings. The Morgan fingerprint density at radius 1 is 0.270 bits per heavy atom. The minimum absolute atomic E-state index is 0.365. The summed E-state index contributed by atoms with van der Waals surface area (Å²) in [6.07, 6.45) is 0. The average molecular weight is 4580 g/mol. The monoisotopic (exact) mass is 4580 g/mol. The van der Waals surface area contributed by atoms with Crippen LogP contribution in [0.3, 0.4) is 0 Å². The van der Waals surface area contributed by atoms with Gasteiger partial charge in [0.25, 0.3) is 0 Å². The second kappa shape index (κ2) is 38.2. The summed E-state index contributed by atoms with van der Waals surface area (Å²) in [5, 5.41) is 0. The van der Waals surface area contributed by atoms with Crippen LogP contribution < -0.4 is 17.2 Å². The van der Waals surface area contributed by atoms with E-state index in [4.69, 9.17) is 0 Å². The molecule has 0 saturated carbocycles. The molecule has 0 aromatic heterocycles. The van der Waals surface area contributed by atoms with Crippen LogP contribution in [-0.2, 0) is 0 Å². The summed E-state index contributed by atoms with van der Waals surface area (Å²) in [5.41, 5.74) is 0. The fourth-order valence-electron chi connectivity index (χ4n) is 0.504. The summed E-state index contributed by atoms with van der Waals surface area (Å²) in [5.74, 6) is 0. The molecule has 0 bridgehead atoms. The molecule has 0 aliphatic heterocycles. The van der Waals surface area contributed by atoms with Gasteiger partial charge in [0.05, 0.1) is 0 Å². The predicted molar refractivity (Wildman–Crippen MR) is 497 cm³/mol. The molecule has 37 heavy (non-hydrogen) atoms. The van der Waals surface area contributed by atoms with Crippen molar-refractivity contribution in [3.63, 3.8) is 0 Å². The molecule has 0 aliphatic carbocycles. The summed E-state index contributed by atoms with van der Waals surface area (Å²) in [6, 6.07) is 0. The van der Waals surface area contributed by atoms with Gasteiger partial charge in [-0.15, -0.1) is 0 Å². The first-order valence-corrected chi connectivity index (χ1v) is 228. The Hall–Kier alpha value is 26.3. The van der Waals surface area contributed by atoms with Crippen molar-refractivity contribution in [3.8, 4) is 0 Å². The Kier molecular flexibility index (Phi) is 65.3. The third-order valence-corrected chi connectivity index (χ3v) is 2680. The topological polar surface area (TPSA) is 0 Å². The average Bonchev–Trinajstić information content (AvgIpc) is 2.89. The summed E-state index contributed by atoms with van der Waals surface area (Å²) in [6.45, 7) is 0. The summed E-state index contributed by atoms with van der Waals surface area (Å²) in [7, 11) is -8.15. The van der Waals surface area contributed by atoms with Crippen LogP contribution in [0.25, 0.3) is 0 Å². The maximum atomic E-state index is 3.33. The number of hydrogen-bond acceptors (Lipinski definition) is 0. The molecule has 260 valence electrons. The summed E-state index contributed by atoms with van der Waals surface area (Å²) in [4.78, 5) is 2.65. The van der Waals surface area contributed by atoms with Crippen LogP contribution in [0.4, 0.5) is 0 Å². The first kappa shape index (κ1) is 63.3. The van der Waals surface area contributed by atoms with Crippen molar-refractivity contribution in [3.05, 3.63) is 0 Å². The van der Waals surface area contributed by atoms with Gasteiger partial charge in [-0.05, 0) is 0 Å². The third-order valence-electron chi connectivity index (χ3n) is 1.41. The van der Waals surface area contributed by atoms with E-state index in [1.165, 1.54) is 0 Å². The van der Waals surface area contributed by atoms with E-state index in [0.717, 1.165) is 0 Å². The van der Waals surface area contributed by atoms with E-state index in [0.29, 0.717) is 17.2 Å². The van der Waals surface area contributed by atoms with Crippen molar-refractivity contribution in [2.24, 2.45) is 0 Å². The molecule has 0 aromatic carbocycles. The van der Waals surface area contributed by atoms with Crippen molar-refractivity contribution in [2.75, 3.05) is 4.93 Å². The zero-order chi connectivity index (χ0) is 29.5. The number of alkyl halides is 1. The second-order valence-electron chi connectivity index (χ2n) is 2.90. The van der Waals surface area contributed by atoms with Gasteiger partial charge in [0, 0.05) is 0 Å². The standard InChI is InChI=1S/CH3I36/c1-20-22(4)24(6)26(8)28(10)30(12)32(14)34(16)36(18)37(19)35(17)33(15)31(13)29(11)27(9)25(7)23(5)21(2)3/h1H3/q-1. The Balaban J connectivity index is 5.34. The van der Waals surface area contributed by atoms with E-state index in [2.05, 4.69) is 340 Å². The normalized spacial score (nSPS) is 18.5. The number of hydrogen-bond donors (Lipinski definition) is 0. The Morgan fingerprint density at radius 3 is 0.595 bits per heavy atom. The quantitative estimate of drug-likeness (QED) is 0.101. The molecule has 0 fully saturated rings. The molecule has 0 saturated heterocycles. The van der Waals surface area contributed by atoms with Crippen molar-refractivity contribution < 1.29 is 17.2 Å². The Bertz CT molecular complexity index is 597. The molecule has 0 unspecified atom stereocenters. The predicted octanol–water partition coefficient (Wildman–Crippen LogP) is 28.2. The number of halogens is 36. The molecular weight excluding hydrogens is 4580 g/mol. The minimum atomic E-state index is -0.522. The second-order valence-corrected chi connectivity index (χ2v) is 838. The molecule has 0 amide bonds. The maximum absolute atomic E-state index is 3.33. The molecule has 0 radical (unpaired) electrons. The number of rotatable bonds is 17. The summed E-state index contributed by atoms with van der Waals surface area (Å²) < 4.78 is 0. The molecule has 0 nitrogen and oxygen atoms in total. The van der Waals surface area contributed by atoms with E-state index in [9.17, 15) is 0 Å². The van der Waals surface area contributed by atoms with Gasteiger partial charge in [-0.25, -0.2) is 0 Å².